The summed E-state index contributed by atoms with van der Waals surface area (Å²) in [5.41, 5.74) is 0. The Hall–Kier alpha value is -0.980. The van der Waals surface area contributed by atoms with Crippen molar-refractivity contribution in [3.05, 3.63) is 11.6 Å². The molecule has 0 aromatic carbocycles. The average molecular weight is 297 g/mol. The van der Waals surface area contributed by atoms with E-state index < -0.39 is 0 Å². The molecule has 1 fully saturated rings. The van der Waals surface area contributed by atoms with Gasteiger partial charge in [0.2, 0.25) is 5.91 Å². The summed E-state index contributed by atoms with van der Waals surface area (Å²) >= 11 is 1.41. The number of aliphatic hydroxyl groups excluding tert-OH is 1. The van der Waals surface area contributed by atoms with Crippen LogP contribution in [0.3, 0.4) is 0 Å². The van der Waals surface area contributed by atoms with E-state index in [1.54, 1.807) is 6.20 Å². The number of hydrogen-bond donors (Lipinski definition) is 2. The molecule has 0 radical (unpaired) electrons. The van der Waals surface area contributed by atoms with E-state index in [9.17, 15) is 9.90 Å². The Labute approximate surface area is 124 Å². The van der Waals surface area contributed by atoms with Crippen LogP contribution in [0.15, 0.2) is 11.6 Å². The molecule has 1 amide bonds. The van der Waals surface area contributed by atoms with E-state index in [0.717, 1.165) is 25.8 Å². The molecule has 2 rings (SSSR count). The highest BCUT2D eigenvalue weighted by molar-refractivity contribution is 7.13. The maximum atomic E-state index is 12.1. The molecule has 3 atom stereocenters. The molecule has 6 heteroatoms. The van der Waals surface area contributed by atoms with Gasteiger partial charge in [-0.05, 0) is 32.7 Å². The number of amides is 1. The van der Waals surface area contributed by atoms with E-state index in [2.05, 4.69) is 10.3 Å². The highest BCUT2D eigenvalue weighted by Gasteiger charge is 2.27. The zero-order valence-corrected chi connectivity index (χ0v) is 12.9. The van der Waals surface area contributed by atoms with Crippen molar-refractivity contribution in [3.63, 3.8) is 0 Å². The second-order valence-corrected chi connectivity index (χ2v) is 6.45. The Morgan fingerprint density at radius 1 is 1.60 bits per heavy atom. The molecule has 0 aliphatic heterocycles. The average Bonchev–Trinajstić information content (AvgIpc) is 2.93. The van der Waals surface area contributed by atoms with Crippen LogP contribution < -0.4 is 5.32 Å². The Balaban J connectivity index is 1.84. The van der Waals surface area contributed by atoms with Crippen LogP contribution in [0, 0.1) is 5.92 Å². The van der Waals surface area contributed by atoms with Crippen LogP contribution >= 0.6 is 11.3 Å². The van der Waals surface area contributed by atoms with Gasteiger partial charge < -0.3 is 10.4 Å². The monoisotopic (exact) mass is 297 g/mol. The molecule has 2 N–H and O–H groups in total. The van der Waals surface area contributed by atoms with E-state index in [1.165, 1.54) is 17.8 Å². The standard InChI is InChI=1S/C14H23N3O2S/c1-10(13(19)16-14-15-7-8-20-14)17(2)9-11-5-3-4-6-12(11)18/h7-8,10-12,18H,3-6,9H2,1-2H3,(H,15,16,19). The van der Waals surface area contributed by atoms with Crippen molar-refractivity contribution in [2.75, 3.05) is 18.9 Å². The Morgan fingerprint density at radius 3 is 3.00 bits per heavy atom. The predicted octanol–water partition coefficient (Wildman–Crippen LogP) is 1.95. The smallest absolute Gasteiger partial charge is 0.243 e. The number of aliphatic hydroxyl groups is 1. The topological polar surface area (TPSA) is 65.5 Å². The lowest BCUT2D eigenvalue weighted by Crippen LogP contribution is -2.44. The zero-order chi connectivity index (χ0) is 14.5. The summed E-state index contributed by atoms with van der Waals surface area (Å²) in [4.78, 5) is 18.2. The molecule has 5 nitrogen and oxygen atoms in total. The molecule has 0 spiro atoms. The number of carbonyl (C=O) groups is 1. The fourth-order valence-electron chi connectivity index (χ4n) is 2.62. The largest absolute Gasteiger partial charge is 0.393 e. The summed E-state index contributed by atoms with van der Waals surface area (Å²) in [6.45, 7) is 2.64. The highest BCUT2D eigenvalue weighted by Crippen LogP contribution is 2.25. The van der Waals surface area contributed by atoms with E-state index in [1.807, 2.05) is 24.3 Å². The van der Waals surface area contributed by atoms with Crippen LogP contribution in [-0.4, -0.2) is 46.6 Å². The quantitative estimate of drug-likeness (QED) is 0.872. The number of thiazole rings is 1. The van der Waals surface area contributed by atoms with Crippen LogP contribution in [0.4, 0.5) is 5.13 Å². The van der Waals surface area contributed by atoms with Crippen molar-refractivity contribution in [2.24, 2.45) is 5.92 Å². The molecular formula is C14H23N3O2S. The number of aromatic nitrogens is 1. The first-order valence-electron chi connectivity index (χ1n) is 7.16. The molecule has 1 aromatic rings. The van der Waals surface area contributed by atoms with E-state index in [4.69, 9.17) is 0 Å². The number of likely N-dealkylation sites (N-methyl/N-ethyl adjacent to an activating group) is 1. The first-order chi connectivity index (χ1) is 9.58. The lowest BCUT2D eigenvalue weighted by molar-refractivity contribution is -0.120. The fraction of sp³-hybridized carbons (Fsp3) is 0.714. The Kier molecular flexibility index (Phi) is 5.51. The molecular weight excluding hydrogens is 274 g/mol. The third-order valence-corrected chi connectivity index (χ3v) is 4.78. The second-order valence-electron chi connectivity index (χ2n) is 5.55. The summed E-state index contributed by atoms with van der Waals surface area (Å²) in [5.74, 6) is 0.233. The molecule has 0 bridgehead atoms. The molecule has 1 saturated carbocycles. The van der Waals surface area contributed by atoms with Gasteiger partial charge in [0.05, 0.1) is 12.1 Å². The van der Waals surface area contributed by atoms with Crippen molar-refractivity contribution in [1.29, 1.82) is 0 Å². The van der Waals surface area contributed by atoms with Crippen LogP contribution in [-0.2, 0) is 4.79 Å². The minimum Gasteiger partial charge on any atom is -0.393 e. The van der Waals surface area contributed by atoms with Gasteiger partial charge in [-0.3, -0.25) is 9.69 Å². The molecule has 1 aliphatic rings. The third kappa shape index (κ3) is 4.01. The summed E-state index contributed by atoms with van der Waals surface area (Å²) in [5, 5.41) is 15.3. The van der Waals surface area contributed by atoms with Gasteiger partial charge >= 0.3 is 0 Å². The Bertz CT molecular complexity index is 424. The lowest BCUT2D eigenvalue weighted by atomic mass is 9.86. The minimum absolute atomic E-state index is 0.0484. The zero-order valence-electron chi connectivity index (χ0n) is 12.1. The van der Waals surface area contributed by atoms with E-state index in [-0.39, 0.29) is 24.0 Å². The molecule has 112 valence electrons. The van der Waals surface area contributed by atoms with Crippen molar-refractivity contribution in [1.82, 2.24) is 9.88 Å². The fourth-order valence-corrected chi connectivity index (χ4v) is 3.16. The van der Waals surface area contributed by atoms with Gasteiger partial charge in [-0.1, -0.05) is 12.8 Å². The predicted molar refractivity (Wildman–Crippen MR) is 80.8 cm³/mol. The summed E-state index contributed by atoms with van der Waals surface area (Å²) in [6.07, 6.45) is 5.68. The number of anilines is 1. The molecule has 0 saturated heterocycles. The van der Waals surface area contributed by atoms with E-state index >= 15 is 0 Å². The summed E-state index contributed by atoms with van der Waals surface area (Å²) in [6, 6.07) is -0.229. The van der Waals surface area contributed by atoms with Gasteiger partial charge in [-0.25, -0.2) is 4.98 Å². The first-order valence-corrected chi connectivity index (χ1v) is 8.04. The van der Waals surface area contributed by atoms with Crippen molar-refractivity contribution in [3.8, 4) is 0 Å². The van der Waals surface area contributed by atoms with E-state index in [0.29, 0.717) is 5.13 Å². The summed E-state index contributed by atoms with van der Waals surface area (Å²) in [7, 11) is 1.94. The third-order valence-electron chi connectivity index (χ3n) is 4.09. The minimum atomic E-state index is -0.229. The second kappa shape index (κ2) is 7.15. The first kappa shape index (κ1) is 15.4. The van der Waals surface area contributed by atoms with Gasteiger partial charge in [0.1, 0.15) is 0 Å². The Morgan fingerprint density at radius 2 is 2.35 bits per heavy atom. The van der Waals surface area contributed by atoms with Crippen molar-refractivity contribution < 1.29 is 9.90 Å². The maximum absolute atomic E-state index is 12.1. The molecule has 3 unspecified atom stereocenters. The number of nitrogens with zero attached hydrogens (tertiary/aromatic N) is 2. The molecule has 1 heterocycles. The van der Waals surface area contributed by atoms with Crippen LogP contribution in [0.25, 0.3) is 0 Å². The lowest BCUT2D eigenvalue weighted by Gasteiger charge is -2.33. The number of rotatable bonds is 5. The van der Waals surface area contributed by atoms with Gasteiger partial charge in [-0.15, -0.1) is 11.3 Å². The number of carbonyl (C=O) groups excluding carboxylic acids is 1. The van der Waals surface area contributed by atoms with Gasteiger partial charge in [-0.2, -0.15) is 0 Å². The van der Waals surface area contributed by atoms with Gasteiger partial charge in [0, 0.05) is 18.1 Å². The highest BCUT2D eigenvalue weighted by atomic mass is 32.1. The number of hydrogen-bond acceptors (Lipinski definition) is 5. The van der Waals surface area contributed by atoms with Crippen molar-refractivity contribution in [2.45, 2.75) is 44.8 Å². The maximum Gasteiger partial charge on any atom is 0.243 e. The number of nitrogens with one attached hydrogen (secondary N) is 1. The normalized spacial score (nSPS) is 24.6. The summed E-state index contributed by atoms with van der Waals surface area (Å²) < 4.78 is 0. The molecule has 1 aromatic heterocycles. The molecule has 20 heavy (non-hydrogen) atoms. The SMILES string of the molecule is CC(C(=O)Nc1nccs1)N(C)CC1CCCCC1O. The van der Waals surface area contributed by atoms with Crippen LogP contribution in [0.1, 0.15) is 32.6 Å². The van der Waals surface area contributed by atoms with Crippen LogP contribution in [0.5, 0.6) is 0 Å². The van der Waals surface area contributed by atoms with Gasteiger partial charge in [0.15, 0.2) is 5.13 Å². The van der Waals surface area contributed by atoms with Gasteiger partial charge in [0.25, 0.3) is 0 Å². The van der Waals surface area contributed by atoms with Crippen molar-refractivity contribution >= 4 is 22.4 Å². The van der Waals surface area contributed by atoms with Crippen LogP contribution in [0.2, 0.25) is 0 Å². The molecule has 1 aliphatic carbocycles.